The molecule has 0 atom stereocenters. The highest BCUT2D eigenvalue weighted by molar-refractivity contribution is 7.99. The molecule has 2 heterocycles. The van der Waals surface area contributed by atoms with Crippen molar-refractivity contribution in [3.8, 4) is 0 Å². The summed E-state index contributed by atoms with van der Waals surface area (Å²) in [6.07, 6.45) is 6.91. The van der Waals surface area contributed by atoms with Gasteiger partial charge in [0.05, 0.1) is 11.4 Å². The Bertz CT molecular complexity index is 795. The number of imide groups is 1. The van der Waals surface area contributed by atoms with Crippen LogP contribution < -0.4 is 10.6 Å². The van der Waals surface area contributed by atoms with Crippen molar-refractivity contribution in [2.24, 2.45) is 0 Å². The van der Waals surface area contributed by atoms with Crippen LogP contribution in [0.25, 0.3) is 0 Å². The first kappa shape index (κ1) is 20.9. The number of rotatable bonds is 7. The fraction of sp³-hybridized carbons (Fsp3) is 0.550. The number of imidazole rings is 1. The topological polar surface area (TPSA) is 76.0 Å². The summed E-state index contributed by atoms with van der Waals surface area (Å²) >= 11 is 3.07. The number of amides is 3. The Morgan fingerprint density at radius 3 is 2.79 bits per heavy atom. The number of carbonyl (C=O) groups is 2. The van der Waals surface area contributed by atoms with E-state index in [2.05, 4.69) is 27.1 Å². The Labute approximate surface area is 174 Å². The van der Waals surface area contributed by atoms with E-state index in [1.807, 2.05) is 24.4 Å². The van der Waals surface area contributed by atoms with Gasteiger partial charge in [0, 0.05) is 23.2 Å². The van der Waals surface area contributed by atoms with Gasteiger partial charge >= 0.3 is 6.03 Å². The van der Waals surface area contributed by atoms with Crippen LogP contribution in [-0.4, -0.2) is 33.8 Å². The molecule has 0 radical (unpaired) electrons. The van der Waals surface area contributed by atoms with Crippen molar-refractivity contribution in [2.45, 2.75) is 63.6 Å². The van der Waals surface area contributed by atoms with E-state index in [-0.39, 0.29) is 11.7 Å². The second-order valence-corrected chi connectivity index (χ2v) is 9.12. The molecule has 0 saturated heterocycles. The van der Waals surface area contributed by atoms with Crippen LogP contribution in [0.5, 0.6) is 0 Å². The predicted molar refractivity (Wildman–Crippen MR) is 114 cm³/mol. The average Bonchev–Trinajstić information content (AvgIpc) is 3.29. The molecule has 3 rings (SSSR count). The third-order valence-electron chi connectivity index (χ3n) is 5.12. The van der Waals surface area contributed by atoms with Gasteiger partial charge in [0.2, 0.25) is 5.91 Å². The molecule has 152 valence electrons. The van der Waals surface area contributed by atoms with Gasteiger partial charge in [0.25, 0.3) is 0 Å². The van der Waals surface area contributed by atoms with Gasteiger partial charge in [-0.2, -0.15) is 0 Å². The van der Waals surface area contributed by atoms with Gasteiger partial charge in [0.15, 0.2) is 5.16 Å². The first-order valence-electron chi connectivity index (χ1n) is 9.83. The Hall–Kier alpha value is -1.80. The lowest BCUT2D eigenvalue weighted by molar-refractivity contribution is -0.117. The first-order valence-corrected chi connectivity index (χ1v) is 11.7. The van der Waals surface area contributed by atoms with Crippen LogP contribution in [0.1, 0.15) is 54.4 Å². The van der Waals surface area contributed by atoms with Crippen LogP contribution in [0.2, 0.25) is 0 Å². The molecule has 2 N–H and O–H groups in total. The maximum atomic E-state index is 12.2. The van der Waals surface area contributed by atoms with Gasteiger partial charge in [-0.15, -0.1) is 11.3 Å². The minimum absolute atomic E-state index is 0.182. The monoisotopic (exact) mass is 420 g/mol. The van der Waals surface area contributed by atoms with E-state index >= 15 is 0 Å². The summed E-state index contributed by atoms with van der Waals surface area (Å²) in [5.74, 6) is -0.117. The van der Waals surface area contributed by atoms with Crippen LogP contribution in [0.15, 0.2) is 22.7 Å². The van der Waals surface area contributed by atoms with Crippen molar-refractivity contribution in [2.75, 3.05) is 12.3 Å². The fourth-order valence-corrected chi connectivity index (χ4v) is 5.23. The molecule has 2 aromatic heterocycles. The van der Waals surface area contributed by atoms with Gasteiger partial charge in [0.1, 0.15) is 0 Å². The zero-order valence-electron chi connectivity index (χ0n) is 16.5. The Morgan fingerprint density at radius 2 is 2.07 bits per heavy atom. The smallest absolute Gasteiger partial charge is 0.321 e. The average molecular weight is 421 g/mol. The van der Waals surface area contributed by atoms with E-state index < -0.39 is 6.03 Å². The lowest BCUT2D eigenvalue weighted by Crippen LogP contribution is -2.41. The van der Waals surface area contributed by atoms with Crippen molar-refractivity contribution in [3.05, 3.63) is 33.8 Å². The number of aryl methyl sites for hydroxylation is 1. The molecular weight excluding hydrogens is 392 g/mol. The van der Waals surface area contributed by atoms with Crippen LogP contribution in [0, 0.1) is 13.8 Å². The Kier molecular flexibility index (Phi) is 7.56. The van der Waals surface area contributed by atoms with Crippen molar-refractivity contribution in [1.82, 2.24) is 20.2 Å². The SMILES string of the molecule is Cc1nc(SCC(=O)NC(=O)NCCc2cccs2)n(C2CCCCC2)c1C. The maximum absolute atomic E-state index is 12.2. The Balaban J connectivity index is 1.47. The minimum Gasteiger partial charge on any atom is -0.337 e. The van der Waals surface area contributed by atoms with Gasteiger partial charge < -0.3 is 9.88 Å². The first-order chi connectivity index (χ1) is 13.5. The van der Waals surface area contributed by atoms with Gasteiger partial charge in [-0.1, -0.05) is 37.1 Å². The molecule has 3 amide bonds. The summed E-state index contributed by atoms with van der Waals surface area (Å²) in [5.41, 5.74) is 2.20. The molecule has 1 saturated carbocycles. The lowest BCUT2D eigenvalue weighted by Gasteiger charge is -2.26. The standard InChI is InChI=1S/C20H28N4O2S2/c1-14-15(2)24(16-7-4-3-5-8-16)20(22-14)28-13-18(25)23-19(26)21-11-10-17-9-6-12-27-17/h6,9,12,16H,3-5,7-8,10-11,13H2,1-2H3,(H2,21,23,25,26). The molecular formula is C20H28N4O2S2. The summed E-state index contributed by atoms with van der Waals surface area (Å²) in [5, 5.41) is 8.03. The second-order valence-electron chi connectivity index (χ2n) is 7.15. The van der Waals surface area contributed by atoms with E-state index in [1.54, 1.807) is 11.3 Å². The summed E-state index contributed by atoms with van der Waals surface area (Å²) in [6, 6.07) is 4.05. The molecule has 0 aliphatic heterocycles. The van der Waals surface area contributed by atoms with Crippen molar-refractivity contribution < 1.29 is 9.59 Å². The summed E-state index contributed by atoms with van der Waals surface area (Å²) < 4.78 is 2.30. The highest BCUT2D eigenvalue weighted by Gasteiger charge is 2.22. The highest BCUT2D eigenvalue weighted by Crippen LogP contribution is 2.34. The third kappa shape index (κ3) is 5.61. The Morgan fingerprint density at radius 1 is 1.29 bits per heavy atom. The third-order valence-corrected chi connectivity index (χ3v) is 7.01. The molecule has 2 aromatic rings. The van der Waals surface area contributed by atoms with Gasteiger partial charge in [-0.3, -0.25) is 10.1 Å². The minimum atomic E-state index is -0.440. The predicted octanol–water partition coefficient (Wildman–Crippen LogP) is 4.23. The molecule has 0 unspecified atom stereocenters. The lowest BCUT2D eigenvalue weighted by atomic mass is 9.95. The number of aromatic nitrogens is 2. The number of hydrogen-bond acceptors (Lipinski definition) is 5. The highest BCUT2D eigenvalue weighted by atomic mass is 32.2. The number of nitrogens with one attached hydrogen (secondary N) is 2. The summed E-state index contributed by atoms with van der Waals surface area (Å²) in [6.45, 7) is 4.62. The van der Waals surface area contributed by atoms with Crippen LogP contribution >= 0.6 is 23.1 Å². The number of carbonyl (C=O) groups excluding carboxylic acids is 2. The molecule has 0 spiro atoms. The van der Waals surface area contributed by atoms with Crippen molar-refractivity contribution >= 4 is 35.0 Å². The molecule has 6 nitrogen and oxygen atoms in total. The number of thioether (sulfide) groups is 1. The second kappa shape index (κ2) is 10.1. The normalized spacial score (nSPS) is 14.8. The fourth-order valence-electron chi connectivity index (χ4n) is 3.56. The molecule has 8 heteroatoms. The molecule has 0 aromatic carbocycles. The molecule has 1 aliphatic carbocycles. The van der Waals surface area contributed by atoms with E-state index in [1.165, 1.54) is 54.4 Å². The molecule has 28 heavy (non-hydrogen) atoms. The zero-order chi connectivity index (χ0) is 19.9. The van der Waals surface area contributed by atoms with Crippen molar-refractivity contribution in [3.63, 3.8) is 0 Å². The van der Waals surface area contributed by atoms with Crippen LogP contribution in [0.3, 0.4) is 0 Å². The van der Waals surface area contributed by atoms with E-state index in [0.717, 1.165) is 17.3 Å². The number of hydrogen-bond donors (Lipinski definition) is 2. The van der Waals surface area contributed by atoms with Crippen LogP contribution in [0.4, 0.5) is 4.79 Å². The van der Waals surface area contributed by atoms with Gasteiger partial charge in [-0.25, -0.2) is 9.78 Å². The largest absolute Gasteiger partial charge is 0.337 e. The van der Waals surface area contributed by atoms with E-state index in [4.69, 9.17) is 0 Å². The van der Waals surface area contributed by atoms with Crippen LogP contribution in [-0.2, 0) is 11.2 Å². The summed E-state index contributed by atoms with van der Waals surface area (Å²) in [4.78, 5) is 29.9. The summed E-state index contributed by atoms with van der Waals surface area (Å²) in [7, 11) is 0. The zero-order valence-corrected chi connectivity index (χ0v) is 18.1. The number of thiophene rings is 1. The molecule has 1 fully saturated rings. The maximum Gasteiger partial charge on any atom is 0.321 e. The van der Waals surface area contributed by atoms with E-state index in [0.29, 0.717) is 12.6 Å². The number of urea groups is 1. The number of nitrogens with zero attached hydrogens (tertiary/aromatic N) is 2. The van der Waals surface area contributed by atoms with E-state index in [9.17, 15) is 9.59 Å². The molecule has 0 bridgehead atoms. The van der Waals surface area contributed by atoms with Gasteiger partial charge in [-0.05, 0) is 44.6 Å². The molecule has 1 aliphatic rings. The van der Waals surface area contributed by atoms with Crippen molar-refractivity contribution in [1.29, 1.82) is 0 Å². The quantitative estimate of drug-likeness (QED) is 0.657.